The highest BCUT2D eigenvalue weighted by molar-refractivity contribution is 6.30. The van der Waals surface area contributed by atoms with E-state index in [1.807, 2.05) is 35.0 Å². The van der Waals surface area contributed by atoms with Crippen molar-refractivity contribution in [3.8, 4) is 11.4 Å². The fourth-order valence-corrected chi connectivity index (χ4v) is 2.87. The van der Waals surface area contributed by atoms with Crippen LogP contribution in [0.2, 0.25) is 5.02 Å². The summed E-state index contributed by atoms with van der Waals surface area (Å²) in [5.74, 6) is 0.535. The minimum absolute atomic E-state index is 0.142. The van der Waals surface area contributed by atoms with Gasteiger partial charge in [-0.25, -0.2) is 4.98 Å². The van der Waals surface area contributed by atoms with Gasteiger partial charge in [0.15, 0.2) is 0 Å². The Bertz CT molecular complexity index is 1070. The molecule has 0 fully saturated rings. The van der Waals surface area contributed by atoms with E-state index in [1.54, 1.807) is 36.8 Å². The lowest BCUT2D eigenvalue weighted by molar-refractivity contribution is 0.0946. The van der Waals surface area contributed by atoms with E-state index in [1.165, 1.54) is 0 Å². The minimum Gasteiger partial charge on any atom is -0.343 e. The summed E-state index contributed by atoms with van der Waals surface area (Å²) >= 11 is 5.98. The van der Waals surface area contributed by atoms with Gasteiger partial charge in [-0.2, -0.15) is 4.98 Å². The maximum atomic E-state index is 12.3. The predicted molar refractivity (Wildman–Crippen MR) is 104 cm³/mol. The molecule has 2 aromatic carbocycles. The van der Waals surface area contributed by atoms with Gasteiger partial charge in [0.2, 0.25) is 11.7 Å². The quantitative estimate of drug-likeness (QED) is 0.541. The van der Waals surface area contributed by atoms with E-state index < -0.39 is 0 Å². The Hall–Kier alpha value is -3.45. The minimum atomic E-state index is -0.211. The summed E-state index contributed by atoms with van der Waals surface area (Å²) in [5.41, 5.74) is 2.39. The molecule has 0 saturated heterocycles. The molecule has 0 unspecified atom stereocenters. The highest BCUT2D eigenvalue weighted by Crippen LogP contribution is 2.19. The van der Waals surface area contributed by atoms with Gasteiger partial charge in [-0.1, -0.05) is 41.0 Å². The van der Waals surface area contributed by atoms with Gasteiger partial charge < -0.3 is 14.4 Å². The summed E-state index contributed by atoms with van der Waals surface area (Å²) in [5, 5.41) is 7.29. The molecule has 0 spiro atoms. The van der Waals surface area contributed by atoms with Crippen molar-refractivity contribution in [1.82, 2.24) is 25.0 Å². The van der Waals surface area contributed by atoms with Gasteiger partial charge in [0.1, 0.15) is 0 Å². The van der Waals surface area contributed by atoms with E-state index in [0.29, 0.717) is 28.8 Å². The second-order valence-electron chi connectivity index (χ2n) is 6.14. The van der Waals surface area contributed by atoms with Crippen LogP contribution in [0, 0.1) is 0 Å². The smallest absolute Gasteiger partial charge is 0.251 e. The maximum absolute atomic E-state index is 12.3. The first-order chi connectivity index (χ1) is 13.7. The number of aromatic nitrogens is 4. The zero-order chi connectivity index (χ0) is 19.3. The number of halogens is 1. The van der Waals surface area contributed by atoms with Crippen LogP contribution in [0.4, 0.5) is 0 Å². The molecule has 4 rings (SSSR count). The van der Waals surface area contributed by atoms with Crippen LogP contribution in [0.3, 0.4) is 0 Å². The van der Waals surface area contributed by atoms with Gasteiger partial charge in [-0.15, -0.1) is 0 Å². The van der Waals surface area contributed by atoms with Crippen molar-refractivity contribution in [2.45, 2.75) is 13.1 Å². The molecule has 0 aliphatic rings. The lowest BCUT2D eigenvalue weighted by Crippen LogP contribution is -2.22. The Morgan fingerprint density at radius 3 is 2.79 bits per heavy atom. The van der Waals surface area contributed by atoms with Crippen LogP contribution in [0.1, 0.15) is 21.8 Å². The third-order valence-corrected chi connectivity index (χ3v) is 4.33. The molecule has 0 aliphatic heterocycles. The Kier molecular flexibility index (Phi) is 5.16. The topological polar surface area (TPSA) is 85.8 Å². The highest BCUT2D eigenvalue weighted by atomic mass is 35.5. The maximum Gasteiger partial charge on any atom is 0.251 e. The molecule has 28 heavy (non-hydrogen) atoms. The van der Waals surface area contributed by atoms with Crippen LogP contribution >= 0.6 is 11.6 Å². The monoisotopic (exact) mass is 393 g/mol. The van der Waals surface area contributed by atoms with Crippen molar-refractivity contribution in [2.24, 2.45) is 0 Å². The summed E-state index contributed by atoms with van der Waals surface area (Å²) in [6, 6.07) is 14.6. The van der Waals surface area contributed by atoms with Gasteiger partial charge in [0.05, 0.1) is 12.9 Å². The number of carbonyl (C=O) groups excluding carboxylic acids is 1. The van der Waals surface area contributed by atoms with Gasteiger partial charge in [-0.05, 0) is 29.8 Å². The van der Waals surface area contributed by atoms with Crippen molar-refractivity contribution in [1.29, 1.82) is 0 Å². The fourth-order valence-electron chi connectivity index (χ4n) is 2.68. The van der Waals surface area contributed by atoms with Crippen molar-refractivity contribution in [3.05, 3.63) is 89.3 Å². The number of benzene rings is 2. The Balaban J connectivity index is 1.35. The molecular weight excluding hydrogens is 378 g/mol. The first-order valence-electron chi connectivity index (χ1n) is 8.59. The van der Waals surface area contributed by atoms with Crippen LogP contribution < -0.4 is 5.32 Å². The fraction of sp³-hybridized carbons (Fsp3) is 0.100. The molecule has 1 amide bonds. The number of hydrogen-bond acceptors (Lipinski definition) is 5. The van der Waals surface area contributed by atoms with E-state index in [4.69, 9.17) is 16.1 Å². The number of nitrogens with zero attached hydrogens (tertiary/aromatic N) is 4. The Morgan fingerprint density at radius 2 is 2.04 bits per heavy atom. The molecule has 0 radical (unpaired) electrons. The molecule has 2 aromatic heterocycles. The van der Waals surface area contributed by atoms with Crippen LogP contribution in [0.15, 0.2) is 71.8 Å². The molecule has 4 aromatic rings. The van der Waals surface area contributed by atoms with Gasteiger partial charge in [-0.3, -0.25) is 4.79 Å². The zero-order valence-corrected chi connectivity index (χ0v) is 15.5. The van der Waals surface area contributed by atoms with Crippen molar-refractivity contribution in [2.75, 3.05) is 0 Å². The molecule has 0 aliphatic carbocycles. The molecule has 7 nitrogen and oxygen atoms in total. The number of hydrogen-bond donors (Lipinski definition) is 1. The average Bonchev–Trinajstić information content (AvgIpc) is 3.39. The number of rotatable bonds is 6. The SMILES string of the molecule is O=C(NCc1nc(-c2cccc(Cl)c2)no1)c1ccc(Cn2ccnc2)cc1. The normalized spacial score (nSPS) is 10.8. The molecule has 140 valence electrons. The number of nitrogens with one attached hydrogen (secondary N) is 1. The average molecular weight is 394 g/mol. The Labute approximate surface area is 166 Å². The molecule has 8 heteroatoms. The molecule has 0 atom stereocenters. The third kappa shape index (κ3) is 4.27. The standard InChI is InChI=1S/C20H16ClN5O2/c21-17-3-1-2-16(10-17)19-24-18(28-25-19)11-23-20(27)15-6-4-14(5-7-15)12-26-9-8-22-13-26/h1-10,13H,11-12H2,(H,23,27). The number of imidazole rings is 1. The van der Waals surface area contributed by atoms with Crippen molar-refractivity contribution in [3.63, 3.8) is 0 Å². The van der Waals surface area contributed by atoms with E-state index in [2.05, 4.69) is 20.4 Å². The molecular formula is C20H16ClN5O2. The Morgan fingerprint density at radius 1 is 1.18 bits per heavy atom. The van der Waals surface area contributed by atoms with Crippen molar-refractivity contribution < 1.29 is 9.32 Å². The van der Waals surface area contributed by atoms with Crippen LogP contribution in [-0.2, 0) is 13.1 Å². The molecule has 2 heterocycles. The zero-order valence-electron chi connectivity index (χ0n) is 14.7. The summed E-state index contributed by atoms with van der Waals surface area (Å²) in [6.07, 6.45) is 5.38. The van der Waals surface area contributed by atoms with Gasteiger partial charge in [0.25, 0.3) is 5.91 Å². The summed E-state index contributed by atoms with van der Waals surface area (Å²) in [6.45, 7) is 0.847. The molecule has 0 bridgehead atoms. The molecule has 1 N–H and O–H groups in total. The van der Waals surface area contributed by atoms with Crippen molar-refractivity contribution >= 4 is 17.5 Å². The van der Waals surface area contributed by atoms with Crippen LogP contribution in [0.25, 0.3) is 11.4 Å². The second kappa shape index (κ2) is 8.06. The van der Waals surface area contributed by atoms with E-state index in [0.717, 1.165) is 11.1 Å². The van der Waals surface area contributed by atoms with Gasteiger partial charge in [0, 0.05) is 35.1 Å². The lowest BCUT2D eigenvalue weighted by Gasteiger charge is -2.05. The van der Waals surface area contributed by atoms with Gasteiger partial charge >= 0.3 is 0 Å². The summed E-state index contributed by atoms with van der Waals surface area (Å²) in [7, 11) is 0. The molecule has 0 saturated carbocycles. The summed E-state index contributed by atoms with van der Waals surface area (Å²) in [4.78, 5) is 20.6. The second-order valence-corrected chi connectivity index (χ2v) is 6.57. The first-order valence-corrected chi connectivity index (χ1v) is 8.96. The predicted octanol–water partition coefficient (Wildman–Crippen LogP) is 3.56. The van der Waals surface area contributed by atoms with Crippen LogP contribution in [0.5, 0.6) is 0 Å². The number of amides is 1. The highest BCUT2D eigenvalue weighted by Gasteiger charge is 2.11. The largest absolute Gasteiger partial charge is 0.343 e. The van der Waals surface area contributed by atoms with Crippen LogP contribution in [-0.4, -0.2) is 25.6 Å². The van der Waals surface area contributed by atoms with E-state index in [9.17, 15) is 4.79 Å². The first kappa shape index (κ1) is 17.9. The summed E-state index contributed by atoms with van der Waals surface area (Å²) < 4.78 is 7.16. The third-order valence-electron chi connectivity index (χ3n) is 4.09. The number of carbonyl (C=O) groups is 1. The van der Waals surface area contributed by atoms with E-state index >= 15 is 0 Å². The van der Waals surface area contributed by atoms with E-state index in [-0.39, 0.29) is 12.5 Å². The lowest BCUT2D eigenvalue weighted by atomic mass is 10.1.